The van der Waals surface area contributed by atoms with Crippen LogP contribution in [0, 0.1) is 0 Å². The lowest BCUT2D eigenvalue weighted by atomic mass is 10.0. The van der Waals surface area contributed by atoms with E-state index < -0.39 is 0 Å². The Hall–Kier alpha value is -2.03. The van der Waals surface area contributed by atoms with E-state index in [0.29, 0.717) is 5.56 Å². The summed E-state index contributed by atoms with van der Waals surface area (Å²) in [5.41, 5.74) is 1.54. The monoisotopic (exact) mass is 214 g/mol. The van der Waals surface area contributed by atoms with Crippen molar-refractivity contribution in [2.75, 3.05) is 0 Å². The standard InChI is InChI=1S/C13H10O3/c14-13-10-6-2-1-5-9(10)12(16-13)11-7-3-4-8-15-11/h1-8,11-12H. The molecule has 2 heterocycles. The van der Waals surface area contributed by atoms with Crippen LogP contribution < -0.4 is 0 Å². The number of ether oxygens (including phenoxy) is 2. The van der Waals surface area contributed by atoms with Crippen LogP contribution in [0.5, 0.6) is 0 Å². The molecule has 0 saturated heterocycles. The quantitative estimate of drug-likeness (QED) is 0.673. The number of carbonyl (C=O) groups excluding carboxylic acids is 1. The van der Waals surface area contributed by atoms with Crippen LogP contribution in [0.3, 0.4) is 0 Å². The lowest BCUT2D eigenvalue weighted by Crippen LogP contribution is -2.19. The van der Waals surface area contributed by atoms with Crippen LogP contribution in [0.2, 0.25) is 0 Å². The van der Waals surface area contributed by atoms with Gasteiger partial charge in [0.05, 0.1) is 11.8 Å². The van der Waals surface area contributed by atoms with Crippen molar-refractivity contribution in [1.29, 1.82) is 0 Å². The molecule has 2 atom stereocenters. The van der Waals surface area contributed by atoms with E-state index in [9.17, 15) is 4.79 Å². The third-order valence-electron chi connectivity index (χ3n) is 2.75. The van der Waals surface area contributed by atoms with E-state index >= 15 is 0 Å². The minimum atomic E-state index is -0.329. The number of esters is 1. The zero-order valence-corrected chi connectivity index (χ0v) is 8.50. The van der Waals surface area contributed by atoms with Crippen LogP contribution in [0.1, 0.15) is 22.0 Å². The molecule has 1 aromatic carbocycles. The van der Waals surface area contributed by atoms with Gasteiger partial charge >= 0.3 is 5.97 Å². The van der Waals surface area contributed by atoms with Gasteiger partial charge in [-0.2, -0.15) is 0 Å². The van der Waals surface area contributed by atoms with Gasteiger partial charge in [0, 0.05) is 5.56 Å². The summed E-state index contributed by atoms with van der Waals surface area (Å²) in [7, 11) is 0. The number of cyclic esters (lactones) is 1. The Morgan fingerprint density at radius 1 is 1.12 bits per heavy atom. The smallest absolute Gasteiger partial charge is 0.339 e. The molecule has 0 spiro atoms. The molecule has 2 aliphatic rings. The first kappa shape index (κ1) is 9.21. The largest absolute Gasteiger partial charge is 0.490 e. The van der Waals surface area contributed by atoms with Crippen LogP contribution in [0.4, 0.5) is 0 Å². The number of benzene rings is 1. The number of rotatable bonds is 1. The summed E-state index contributed by atoms with van der Waals surface area (Å²) in [6, 6.07) is 7.41. The minimum Gasteiger partial charge on any atom is -0.490 e. The first-order chi connectivity index (χ1) is 7.86. The maximum absolute atomic E-state index is 11.6. The fourth-order valence-corrected chi connectivity index (χ4v) is 1.99. The second kappa shape index (κ2) is 3.52. The highest BCUT2D eigenvalue weighted by molar-refractivity contribution is 5.94. The molecule has 0 fully saturated rings. The summed E-state index contributed by atoms with van der Waals surface area (Å²) in [5, 5.41) is 0. The first-order valence-corrected chi connectivity index (χ1v) is 5.15. The number of carbonyl (C=O) groups is 1. The number of allylic oxidation sites excluding steroid dienone is 2. The Morgan fingerprint density at radius 3 is 2.81 bits per heavy atom. The van der Waals surface area contributed by atoms with E-state index in [-0.39, 0.29) is 18.2 Å². The van der Waals surface area contributed by atoms with E-state index in [0.717, 1.165) is 5.56 Å². The highest BCUT2D eigenvalue weighted by Gasteiger charge is 2.36. The van der Waals surface area contributed by atoms with Crippen LogP contribution >= 0.6 is 0 Å². The maximum atomic E-state index is 11.6. The molecule has 3 rings (SSSR count). The summed E-state index contributed by atoms with van der Waals surface area (Å²) in [4.78, 5) is 11.6. The lowest BCUT2D eigenvalue weighted by molar-refractivity contribution is 0.000643. The topological polar surface area (TPSA) is 35.5 Å². The highest BCUT2D eigenvalue weighted by atomic mass is 16.6. The molecule has 0 radical (unpaired) electrons. The van der Waals surface area contributed by atoms with E-state index in [2.05, 4.69) is 0 Å². The second-order valence-corrected chi connectivity index (χ2v) is 3.73. The van der Waals surface area contributed by atoms with Crippen molar-refractivity contribution in [3.05, 3.63) is 59.9 Å². The summed E-state index contributed by atoms with van der Waals surface area (Å²) in [6.45, 7) is 0. The van der Waals surface area contributed by atoms with Gasteiger partial charge in [0.1, 0.15) is 0 Å². The zero-order valence-electron chi connectivity index (χ0n) is 8.50. The van der Waals surface area contributed by atoms with Gasteiger partial charge in [-0.25, -0.2) is 4.79 Å². The van der Waals surface area contributed by atoms with Gasteiger partial charge in [0.25, 0.3) is 0 Å². The first-order valence-electron chi connectivity index (χ1n) is 5.15. The van der Waals surface area contributed by atoms with Crippen molar-refractivity contribution < 1.29 is 14.3 Å². The Labute approximate surface area is 93.0 Å². The molecule has 0 N–H and O–H groups in total. The molecule has 0 bridgehead atoms. The van der Waals surface area contributed by atoms with Crippen molar-refractivity contribution in [1.82, 2.24) is 0 Å². The van der Waals surface area contributed by atoms with Crippen molar-refractivity contribution in [3.8, 4) is 0 Å². The van der Waals surface area contributed by atoms with Crippen LogP contribution in [-0.4, -0.2) is 12.1 Å². The second-order valence-electron chi connectivity index (χ2n) is 3.73. The molecule has 1 aromatic rings. The van der Waals surface area contributed by atoms with Crippen LogP contribution in [0.15, 0.2) is 48.8 Å². The molecule has 3 nitrogen and oxygen atoms in total. The molecule has 80 valence electrons. The van der Waals surface area contributed by atoms with E-state index in [1.54, 1.807) is 18.4 Å². The van der Waals surface area contributed by atoms with E-state index in [1.807, 2.05) is 30.4 Å². The zero-order chi connectivity index (χ0) is 11.0. The molecule has 0 aliphatic carbocycles. The van der Waals surface area contributed by atoms with Gasteiger partial charge in [0.15, 0.2) is 12.2 Å². The fraction of sp³-hybridized carbons (Fsp3) is 0.154. The molecule has 2 aliphatic heterocycles. The fourth-order valence-electron chi connectivity index (χ4n) is 1.99. The van der Waals surface area contributed by atoms with E-state index in [1.165, 1.54) is 0 Å². The average molecular weight is 214 g/mol. The molecule has 3 heteroatoms. The summed E-state index contributed by atoms with van der Waals surface area (Å²) in [5.74, 6) is -0.271. The average Bonchev–Trinajstić information content (AvgIpc) is 2.69. The number of hydrogen-bond donors (Lipinski definition) is 0. The van der Waals surface area contributed by atoms with E-state index in [4.69, 9.17) is 9.47 Å². The van der Waals surface area contributed by atoms with Crippen molar-refractivity contribution >= 4 is 5.97 Å². The highest BCUT2D eigenvalue weighted by Crippen LogP contribution is 2.35. The third-order valence-corrected chi connectivity index (χ3v) is 2.75. The number of hydrogen-bond acceptors (Lipinski definition) is 3. The molecule has 0 aromatic heterocycles. The van der Waals surface area contributed by atoms with Crippen molar-refractivity contribution in [3.63, 3.8) is 0 Å². The van der Waals surface area contributed by atoms with Gasteiger partial charge in [-0.05, 0) is 18.2 Å². The Morgan fingerprint density at radius 2 is 2.00 bits per heavy atom. The predicted octanol–water partition coefficient (Wildman–Crippen LogP) is 2.37. The Kier molecular flexibility index (Phi) is 2.03. The molecule has 0 saturated carbocycles. The lowest BCUT2D eigenvalue weighted by Gasteiger charge is -2.21. The SMILES string of the molecule is O=C1OC(C2C=CC=CO2)c2ccccc21. The predicted molar refractivity (Wildman–Crippen MR) is 57.8 cm³/mol. The van der Waals surface area contributed by atoms with Crippen molar-refractivity contribution in [2.24, 2.45) is 0 Å². The Bertz CT molecular complexity index is 488. The van der Waals surface area contributed by atoms with Gasteiger partial charge in [-0.15, -0.1) is 0 Å². The molecule has 16 heavy (non-hydrogen) atoms. The van der Waals surface area contributed by atoms with Gasteiger partial charge < -0.3 is 9.47 Å². The van der Waals surface area contributed by atoms with Gasteiger partial charge in [-0.3, -0.25) is 0 Å². The Balaban J connectivity index is 1.97. The third kappa shape index (κ3) is 1.33. The minimum absolute atomic E-state index is 0.224. The van der Waals surface area contributed by atoms with Crippen molar-refractivity contribution in [2.45, 2.75) is 12.2 Å². The normalized spacial score (nSPS) is 26.1. The van der Waals surface area contributed by atoms with Crippen LogP contribution in [0.25, 0.3) is 0 Å². The van der Waals surface area contributed by atoms with Gasteiger partial charge in [0.2, 0.25) is 0 Å². The molecular formula is C13H10O3. The molecule has 2 unspecified atom stereocenters. The summed E-state index contributed by atoms with van der Waals surface area (Å²) >= 11 is 0. The van der Waals surface area contributed by atoms with Crippen LogP contribution in [-0.2, 0) is 9.47 Å². The summed E-state index contributed by atoms with van der Waals surface area (Å²) in [6.07, 6.45) is 6.64. The molecular weight excluding hydrogens is 204 g/mol. The number of fused-ring (bicyclic) bond motifs is 1. The summed E-state index contributed by atoms with van der Waals surface area (Å²) < 4.78 is 10.7. The maximum Gasteiger partial charge on any atom is 0.339 e. The molecule has 0 amide bonds. The van der Waals surface area contributed by atoms with Gasteiger partial charge in [-0.1, -0.05) is 24.3 Å².